The summed E-state index contributed by atoms with van der Waals surface area (Å²) < 4.78 is 10.9. The van der Waals surface area contributed by atoms with Crippen molar-refractivity contribution in [2.24, 2.45) is 0 Å². The maximum absolute atomic E-state index is 13.8. The lowest BCUT2D eigenvalue weighted by Crippen LogP contribution is -2.50. The molecular weight excluding hydrogens is 488 g/mol. The van der Waals surface area contributed by atoms with Gasteiger partial charge < -0.3 is 19.7 Å². The molecule has 7 heteroatoms. The molecule has 0 saturated heterocycles. The topological polar surface area (TPSA) is 67.9 Å². The van der Waals surface area contributed by atoms with Gasteiger partial charge in [-0.1, -0.05) is 73.5 Å². The Morgan fingerprint density at radius 1 is 0.946 bits per heavy atom. The molecule has 3 aromatic rings. The zero-order valence-corrected chi connectivity index (χ0v) is 21.9. The van der Waals surface area contributed by atoms with Gasteiger partial charge in [-0.15, -0.1) is 0 Å². The van der Waals surface area contributed by atoms with Gasteiger partial charge in [-0.05, 0) is 53.8 Å². The van der Waals surface area contributed by atoms with Crippen LogP contribution in [0.25, 0.3) is 0 Å². The lowest BCUT2D eigenvalue weighted by atomic mass is 10.0. The highest BCUT2D eigenvalue weighted by Gasteiger charge is 2.30. The minimum absolute atomic E-state index is 0.0841. The fourth-order valence-corrected chi connectivity index (χ4v) is 4.46. The minimum atomic E-state index is -0.640. The maximum Gasteiger partial charge on any atom is 0.243 e. The number of carbonyl (C=O) groups excluding carboxylic acids is 2. The van der Waals surface area contributed by atoms with Crippen molar-refractivity contribution in [1.82, 2.24) is 10.2 Å². The van der Waals surface area contributed by atoms with Crippen LogP contribution in [0.5, 0.6) is 11.5 Å². The average molecular weight is 521 g/mol. The van der Waals surface area contributed by atoms with Gasteiger partial charge in [-0.25, -0.2) is 0 Å². The van der Waals surface area contributed by atoms with Gasteiger partial charge in [-0.3, -0.25) is 9.59 Å². The van der Waals surface area contributed by atoms with E-state index in [1.54, 1.807) is 17.0 Å². The molecule has 3 aromatic carbocycles. The van der Waals surface area contributed by atoms with Crippen LogP contribution in [0.1, 0.15) is 42.9 Å². The SMILES string of the molecule is CCCCNC(=O)C(Cc1ccccc1)N(Cc1ccc(Cl)cc1)C(=O)CCc1ccc2c(c1)OCO2. The molecule has 0 spiro atoms. The highest BCUT2D eigenvalue weighted by molar-refractivity contribution is 6.30. The van der Waals surface area contributed by atoms with Crippen molar-refractivity contribution < 1.29 is 19.1 Å². The van der Waals surface area contributed by atoms with Gasteiger partial charge in [0.25, 0.3) is 0 Å². The molecule has 1 atom stereocenters. The Morgan fingerprint density at radius 2 is 1.68 bits per heavy atom. The smallest absolute Gasteiger partial charge is 0.243 e. The highest BCUT2D eigenvalue weighted by Crippen LogP contribution is 2.33. The Labute approximate surface area is 223 Å². The molecule has 37 heavy (non-hydrogen) atoms. The zero-order chi connectivity index (χ0) is 26.0. The first-order valence-corrected chi connectivity index (χ1v) is 13.2. The number of halogens is 1. The molecule has 0 aromatic heterocycles. The number of amides is 2. The molecular formula is C30H33ClN2O4. The predicted molar refractivity (Wildman–Crippen MR) is 145 cm³/mol. The van der Waals surface area contributed by atoms with Gasteiger partial charge in [0.05, 0.1) is 0 Å². The molecule has 1 heterocycles. The summed E-state index contributed by atoms with van der Waals surface area (Å²) >= 11 is 6.10. The normalized spacial score (nSPS) is 12.7. The highest BCUT2D eigenvalue weighted by atomic mass is 35.5. The van der Waals surface area contributed by atoms with Crippen molar-refractivity contribution in [1.29, 1.82) is 0 Å². The number of unbranched alkanes of at least 4 members (excludes halogenated alkanes) is 1. The molecule has 1 aliphatic rings. The second-order valence-electron chi connectivity index (χ2n) is 9.19. The molecule has 0 saturated carbocycles. The molecule has 0 fully saturated rings. The third kappa shape index (κ3) is 7.49. The van der Waals surface area contributed by atoms with E-state index < -0.39 is 6.04 Å². The van der Waals surface area contributed by atoms with E-state index >= 15 is 0 Å². The van der Waals surface area contributed by atoms with E-state index in [1.807, 2.05) is 60.7 Å². The van der Waals surface area contributed by atoms with Crippen LogP contribution in [0.15, 0.2) is 72.8 Å². The summed E-state index contributed by atoms with van der Waals surface area (Å²) in [5.41, 5.74) is 2.90. The Balaban J connectivity index is 1.57. The predicted octanol–water partition coefficient (Wildman–Crippen LogP) is 5.56. The van der Waals surface area contributed by atoms with Crippen LogP contribution in [0.2, 0.25) is 5.02 Å². The van der Waals surface area contributed by atoms with Crippen molar-refractivity contribution in [2.45, 2.75) is 51.6 Å². The van der Waals surface area contributed by atoms with Crippen molar-refractivity contribution in [3.63, 3.8) is 0 Å². The third-order valence-corrected chi connectivity index (χ3v) is 6.68. The quantitative estimate of drug-likeness (QED) is 0.318. The Morgan fingerprint density at radius 3 is 2.43 bits per heavy atom. The van der Waals surface area contributed by atoms with E-state index in [0.717, 1.165) is 29.5 Å². The first kappa shape index (κ1) is 26.6. The van der Waals surface area contributed by atoms with E-state index in [1.165, 1.54) is 0 Å². The van der Waals surface area contributed by atoms with E-state index in [0.29, 0.717) is 42.5 Å². The fourth-order valence-electron chi connectivity index (χ4n) is 4.34. The van der Waals surface area contributed by atoms with Crippen LogP contribution in [0.3, 0.4) is 0 Å². The summed E-state index contributed by atoms with van der Waals surface area (Å²) in [5, 5.41) is 3.68. The Bertz CT molecular complexity index is 1180. The minimum Gasteiger partial charge on any atom is -0.454 e. The lowest BCUT2D eigenvalue weighted by molar-refractivity contribution is -0.141. The Hall–Kier alpha value is -3.51. The number of nitrogens with one attached hydrogen (secondary N) is 1. The summed E-state index contributed by atoms with van der Waals surface area (Å²) in [5.74, 6) is 1.19. The van der Waals surface area contributed by atoms with Gasteiger partial charge in [0, 0.05) is 31.0 Å². The number of carbonyl (C=O) groups is 2. The third-order valence-electron chi connectivity index (χ3n) is 6.43. The second-order valence-corrected chi connectivity index (χ2v) is 9.62. The van der Waals surface area contributed by atoms with Crippen LogP contribution in [0.4, 0.5) is 0 Å². The van der Waals surface area contributed by atoms with Gasteiger partial charge in [0.1, 0.15) is 6.04 Å². The second kappa shape index (κ2) is 13.2. The van der Waals surface area contributed by atoms with Gasteiger partial charge in [0.15, 0.2) is 11.5 Å². The van der Waals surface area contributed by atoms with Crippen molar-refractivity contribution in [3.8, 4) is 11.5 Å². The molecule has 1 aliphatic heterocycles. The number of hydrogen-bond acceptors (Lipinski definition) is 4. The van der Waals surface area contributed by atoms with Crippen LogP contribution in [-0.2, 0) is 29.0 Å². The number of fused-ring (bicyclic) bond motifs is 1. The number of rotatable bonds is 12. The van der Waals surface area contributed by atoms with Gasteiger partial charge in [0.2, 0.25) is 18.6 Å². The van der Waals surface area contributed by atoms with Crippen LogP contribution in [0, 0.1) is 0 Å². The van der Waals surface area contributed by atoms with Crippen LogP contribution < -0.4 is 14.8 Å². The number of nitrogens with zero attached hydrogens (tertiary/aromatic N) is 1. The molecule has 194 valence electrons. The molecule has 0 bridgehead atoms. The number of hydrogen-bond donors (Lipinski definition) is 1. The summed E-state index contributed by atoms with van der Waals surface area (Å²) in [4.78, 5) is 28.9. The summed E-state index contributed by atoms with van der Waals surface area (Å²) in [6, 6.07) is 22.3. The number of ether oxygens (including phenoxy) is 2. The van der Waals surface area contributed by atoms with Gasteiger partial charge >= 0.3 is 0 Å². The largest absolute Gasteiger partial charge is 0.454 e. The molecule has 1 unspecified atom stereocenters. The number of aryl methyl sites for hydroxylation is 1. The van der Waals surface area contributed by atoms with Crippen molar-refractivity contribution in [2.75, 3.05) is 13.3 Å². The first-order chi connectivity index (χ1) is 18.0. The van der Waals surface area contributed by atoms with E-state index in [4.69, 9.17) is 21.1 Å². The van der Waals surface area contributed by atoms with Crippen molar-refractivity contribution in [3.05, 3.63) is 94.5 Å². The monoisotopic (exact) mass is 520 g/mol. The zero-order valence-electron chi connectivity index (χ0n) is 21.1. The van der Waals surface area contributed by atoms with E-state index in [9.17, 15) is 9.59 Å². The van der Waals surface area contributed by atoms with Crippen LogP contribution in [-0.4, -0.2) is 36.1 Å². The van der Waals surface area contributed by atoms with Crippen LogP contribution >= 0.6 is 11.6 Å². The van der Waals surface area contributed by atoms with E-state index in [-0.39, 0.29) is 25.0 Å². The summed E-state index contributed by atoms with van der Waals surface area (Å²) in [7, 11) is 0. The Kier molecular flexibility index (Phi) is 9.44. The molecule has 0 aliphatic carbocycles. The number of benzene rings is 3. The molecule has 2 amide bonds. The maximum atomic E-state index is 13.8. The standard InChI is InChI=1S/C30H33ClN2O4/c1-2-3-17-32-30(35)26(18-22-7-5-4-6-8-22)33(20-24-9-13-25(31)14-10-24)29(34)16-12-23-11-15-27-28(19-23)37-21-36-27/h4-11,13-15,19,26H,2-3,12,16-18,20-21H2,1H3,(H,32,35). The fraction of sp³-hybridized carbons (Fsp3) is 0.333. The molecule has 1 N–H and O–H groups in total. The summed E-state index contributed by atoms with van der Waals surface area (Å²) in [6.07, 6.45) is 3.09. The summed E-state index contributed by atoms with van der Waals surface area (Å²) in [6.45, 7) is 3.19. The van der Waals surface area contributed by atoms with E-state index in [2.05, 4.69) is 12.2 Å². The first-order valence-electron chi connectivity index (χ1n) is 12.8. The molecule has 0 radical (unpaired) electrons. The average Bonchev–Trinajstić information content (AvgIpc) is 3.39. The van der Waals surface area contributed by atoms with Crippen molar-refractivity contribution >= 4 is 23.4 Å². The lowest BCUT2D eigenvalue weighted by Gasteiger charge is -2.31. The molecule has 6 nitrogen and oxygen atoms in total. The van der Waals surface area contributed by atoms with Gasteiger partial charge in [-0.2, -0.15) is 0 Å². The molecule has 4 rings (SSSR count).